The summed E-state index contributed by atoms with van der Waals surface area (Å²) in [5.74, 6) is 0.0243. The molecule has 3 rings (SSSR count). The van der Waals surface area contributed by atoms with Gasteiger partial charge in [-0.25, -0.2) is 0 Å². The van der Waals surface area contributed by atoms with E-state index in [1.165, 1.54) is 6.42 Å². The number of amides is 1. The molecule has 0 aromatic heterocycles. The Hall–Kier alpha value is -1.59. The van der Waals surface area contributed by atoms with Gasteiger partial charge in [0.15, 0.2) is 0 Å². The van der Waals surface area contributed by atoms with E-state index in [4.69, 9.17) is 10.5 Å². The number of rotatable bonds is 3. The Morgan fingerprint density at radius 2 is 2.33 bits per heavy atom. The van der Waals surface area contributed by atoms with Gasteiger partial charge < -0.3 is 15.8 Å². The summed E-state index contributed by atoms with van der Waals surface area (Å²) < 4.78 is 5.78. The number of fused-ring (bicyclic) bond motifs is 1. The monoisotopic (exact) mass is 289 g/mol. The van der Waals surface area contributed by atoms with E-state index in [0.29, 0.717) is 24.4 Å². The third-order valence-corrected chi connectivity index (χ3v) is 4.48. The molecule has 21 heavy (non-hydrogen) atoms. The molecule has 0 bridgehead atoms. The third-order valence-electron chi connectivity index (χ3n) is 4.48. The van der Waals surface area contributed by atoms with Gasteiger partial charge in [-0.05, 0) is 43.9 Å². The zero-order valence-electron chi connectivity index (χ0n) is 12.5. The van der Waals surface area contributed by atoms with E-state index in [-0.39, 0.29) is 5.91 Å². The van der Waals surface area contributed by atoms with Crippen LogP contribution in [0, 0.1) is 6.92 Å². The number of benzene rings is 1. The Kier molecular flexibility index (Phi) is 4.12. The van der Waals surface area contributed by atoms with Crippen LogP contribution in [0.1, 0.15) is 24.8 Å². The van der Waals surface area contributed by atoms with Gasteiger partial charge in [0, 0.05) is 24.0 Å². The van der Waals surface area contributed by atoms with Crippen LogP contribution in [0.15, 0.2) is 18.2 Å². The topological polar surface area (TPSA) is 67.6 Å². The van der Waals surface area contributed by atoms with Gasteiger partial charge in [-0.2, -0.15) is 0 Å². The second-order valence-electron chi connectivity index (χ2n) is 6.00. The Labute approximate surface area is 125 Å². The van der Waals surface area contributed by atoms with Gasteiger partial charge in [-0.15, -0.1) is 0 Å². The van der Waals surface area contributed by atoms with Crippen LogP contribution >= 0.6 is 0 Å². The molecule has 1 heterocycles. The normalized spacial score (nSPS) is 25.6. The summed E-state index contributed by atoms with van der Waals surface area (Å²) in [6, 6.07) is 5.99. The lowest BCUT2D eigenvalue weighted by Crippen LogP contribution is -2.51. The van der Waals surface area contributed by atoms with E-state index in [1.807, 2.05) is 25.1 Å². The number of nitrogens with one attached hydrogen (secondary N) is 1. The van der Waals surface area contributed by atoms with Gasteiger partial charge in [-0.1, -0.05) is 6.07 Å². The molecule has 1 saturated carbocycles. The molecule has 3 N–H and O–H groups in total. The fourth-order valence-electron chi connectivity index (χ4n) is 3.35. The highest BCUT2D eigenvalue weighted by molar-refractivity contribution is 5.93. The van der Waals surface area contributed by atoms with E-state index < -0.39 is 0 Å². The van der Waals surface area contributed by atoms with Crippen molar-refractivity contribution in [2.45, 2.75) is 38.3 Å². The summed E-state index contributed by atoms with van der Waals surface area (Å²) in [5, 5.41) is 2.98. The van der Waals surface area contributed by atoms with Crippen LogP contribution in [0.5, 0.6) is 0 Å². The molecular formula is C16H23N3O2. The summed E-state index contributed by atoms with van der Waals surface area (Å²) >= 11 is 0. The van der Waals surface area contributed by atoms with Crippen molar-refractivity contribution in [2.24, 2.45) is 0 Å². The van der Waals surface area contributed by atoms with Gasteiger partial charge >= 0.3 is 0 Å². The van der Waals surface area contributed by atoms with Crippen molar-refractivity contribution in [3.63, 3.8) is 0 Å². The number of carbonyl (C=O) groups is 1. The minimum absolute atomic E-state index is 0.0243. The molecule has 1 aliphatic heterocycles. The summed E-state index contributed by atoms with van der Waals surface area (Å²) in [5.41, 5.74) is 8.27. The molecular weight excluding hydrogens is 266 g/mol. The molecule has 1 saturated heterocycles. The van der Waals surface area contributed by atoms with Gasteiger partial charge in [0.1, 0.15) is 0 Å². The minimum atomic E-state index is 0.0243. The number of nitrogens with two attached hydrogens (primary N) is 1. The predicted octanol–water partition coefficient (Wildman–Crippen LogP) is 1.77. The number of anilines is 2. The van der Waals surface area contributed by atoms with Crippen molar-refractivity contribution in [1.29, 1.82) is 0 Å². The van der Waals surface area contributed by atoms with Crippen molar-refractivity contribution >= 4 is 17.3 Å². The molecule has 5 nitrogen and oxygen atoms in total. The fourth-order valence-corrected chi connectivity index (χ4v) is 3.35. The number of ether oxygens (including phenoxy) is 1. The maximum Gasteiger partial charge on any atom is 0.238 e. The third kappa shape index (κ3) is 3.19. The van der Waals surface area contributed by atoms with Gasteiger partial charge in [0.25, 0.3) is 0 Å². The Bertz CT molecular complexity index is 532. The van der Waals surface area contributed by atoms with Crippen molar-refractivity contribution in [2.75, 3.05) is 30.7 Å². The first-order chi connectivity index (χ1) is 10.1. The molecule has 2 aliphatic rings. The van der Waals surface area contributed by atoms with E-state index in [1.54, 1.807) is 0 Å². The van der Waals surface area contributed by atoms with E-state index >= 15 is 0 Å². The highest BCUT2D eigenvalue weighted by Gasteiger charge is 2.36. The number of carbonyl (C=O) groups excluding carboxylic acids is 1. The van der Waals surface area contributed by atoms with Crippen LogP contribution in [0.3, 0.4) is 0 Å². The lowest BCUT2D eigenvalue weighted by molar-refractivity contribution is -0.121. The maximum atomic E-state index is 12.3. The van der Waals surface area contributed by atoms with Gasteiger partial charge in [-0.3, -0.25) is 9.69 Å². The molecule has 1 aromatic rings. The van der Waals surface area contributed by atoms with Crippen LogP contribution in [0.4, 0.5) is 11.4 Å². The largest absolute Gasteiger partial charge is 0.399 e. The quantitative estimate of drug-likeness (QED) is 0.832. The highest BCUT2D eigenvalue weighted by atomic mass is 16.5. The fraction of sp³-hybridized carbons (Fsp3) is 0.562. The van der Waals surface area contributed by atoms with Crippen LogP contribution in [0.25, 0.3) is 0 Å². The Balaban J connectivity index is 1.62. The number of morpholine rings is 1. The van der Waals surface area contributed by atoms with Crippen molar-refractivity contribution in [3.05, 3.63) is 23.8 Å². The second-order valence-corrected chi connectivity index (χ2v) is 6.00. The zero-order valence-corrected chi connectivity index (χ0v) is 12.5. The van der Waals surface area contributed by atoms with Crippen molar-refractivity contribution < 1.29 is 9.53 Å². The average molecular weight is 289 g/mol. The number of aryl methyl sites for hydroxylation is 1. The van der Waals surface area contributed by atoms with Crippen molar-refractivity contribution in [3.8, 4) is 0 Å². The lowest BCUT2D eigenvalue weighted by Gasteiger charge is -2.37. The summed E-state index contributed by atoms with van der Waals surface area (Å²) in [7, 11) is 0. The summed E-state index contributed by atoms with van der Waals surface area (Å²) in [4.78, 5) is 14.6. The van der Waals surface area contributed by atoms with Crippen LogP contribution in [-0.4, -0.2) is 42.6 Å². The van der Waals surface area contributed by atoms with E-state index in [2.05, 4.69) is 10.2 Å². The summed E-state index contributed by atoms with van der Waals surface area (Å²) in [6.07, 6.45) is 3.77. The molecule has 1 amide bonds. The van der Waals surface area contributed by atoms with Gasteiger partial charge in [0.2, 0.25) is 5.91 Å². The first-order valence-corrected chi connectivity index (χ1v) is 7.65. The van der Waals surface area contributed by atoms with Crippen LogP contribution in [-0.2, 0) is 9.53 Å². The number of hydrogen-bond donors (Lipinski definition) is 2. The molecule has 2 fully saturated rings. The predicted molar refractivity (Wildman–Crippen MR) is 83.2 cm³/mol. The summed E-state index contributed by atoms with van der Waals surface area (Å²) in [6.45, 7) is 3.96. The van der Waals surface area contributed by atoms with Crippen LogP contribution in [0.2, 0.25) is 0 Å². The highest BCUT2D eigenvalue weighted by Crippen LogP contribution is 2.29. The molecule has 2 atom stereocenters. The number of nitrogen functional groups attached to an aromatic ring is 1. The smallest absolute Gasteiger partial charge is 0.238 e. The zero-order chi connectivity index (χ0) is 14.8. The standard InChI is InChI=1S/C16H23N3O2/c1-11-5-6-12(17)9-13(11)18-16(20)10-19-7-8-21-15-4-2-3-14(15)19/h5-6,9,14-15H,2-4,7-8,10,17H2,1H3,(H,18,20). The SMILES string of the molecule is Cc1ccc(N)cc1NC(=O)CN1CCOC2CCCC21. The number of hydrogen-bond acceptors (Lipinski definition) is 4. The second kappa shape index (κ2) is 6.03. The van der Waals surface area contributed by atoms with E-state index in [0.717, 1.165) is 37.2 Å². The van der Waals surface area contributed by atoms with Crippen LogP contribution < -0.4 is 11.1 Å². The maximum absolute atomic E-state index is 12.3. The van der Waals surface area contributed by atoms with Gasteiger partial charge in [0.05, 0.1) is 19.3 Å². The Morgan fingerprint density at radius 1 is 1.48 bits per heavy atom. The molecule has 0 spiro atoms. The molecule has 2 unspecified atom stereocenters. The molecule has 0 radical (unpaired) electrons. The van der Waals surface area contributed by atoms with Crippen molar-refractivity contribution in [1.82, 2.24) is 4.90 Å². The first-order valence-electron chi connectivity index (χ1n) is 7.65. The average Bonchev–Trinajstić information content (AvgIpc) is 2.92. The minimum Gasteiger partial charge on any atom is -0.399 e. The molecule has 114 valence electrons. The van der Waals surface area contributed by atoms with E-state index in [9.17, 15) is 4.79 Å². The first kappa shape index (κ1) is 14.4. The molecule has 1 aliphatic carbocycles. The molecule has 1 aromatic carbocycles. The Morgan fingerprint density at radius 3 is 3.19 bits per heavy atom. The number of nitrogens with zero attached hydrogens (tertiary/aromatic N) is 1. The molecule has 5 heteroatoms. The lowest BCUT2D eigenvalue weighted by atomic mass is 10.1.